The van der Waals surface area contributed by atoms with Crippen molar-refractivity contribution in [2.75, 3.05) is 14.2 Å². The Labute approximate surface area is 120 Å². The van der Waals surface area contributed by atoms with E-state index in [1.54, 1.807) is 7.11 Å². The predicted octanol–water partition coefficient (Wildman–Crippen LogP) is 3.55. The van der Waals surface area contributed by atoms with Crippen LogP contribution in [0.4, 0.5) is 0 Å². The predicted molar refractivity (Wildman–Crippen MR) is 81.2 cm³/mol. The summed E-state index contributed by atoms with van der Waals surface area (Å²) < 4.78 is 11.2. The monoisotopic (exact) mass is 271 g/mol. The molecule has 0 saturated heterocycles. The molecule has 0 aliphatic carbocycles. The topological polar surface area (TPSA) is 30.5 Å². The standard InChI is InChI=1S/C17H21NO2/c1-13(18-2)16-10-9-15(19-3)11-17(16)20-12-14-7-5-4-6-8-14/h4-11,13,18H,12H2,1-3H3. The Bertz CT molecular complexity index is 540. The second-order valence-electron chi connectivity index (χ2n) is 4.69. The first kappa shape index (κ1) is 14.4. The molecule has 2 aromatic carbocycles. The minimum Gasteiger partial charge on any atom is -0.497 e. The van der Waals surface area contributed by atoms with Crippen LogP contribution in [0, 0.1) is 0 Å². The maximum atomic E-state index is 5.97. The summed E-state index contributed by atoms with van der Waals surface area (Å²) in [5.74, 6) is 1.66. The Morgan fingerprint density at radius 3 is 2.50 bits per heavy atom. The van der Waals surface area contributed by atoms with Gasteiger partial charge < -0.3 is 14.8 Å². The summed E-state index contributed by atoms with van der Waals surface area (Å²) in [5, 5.41) is 3.24. The minimum atomic E-state index is 0.228. The van der Waals surface area contributed by atoms with Crippen molar-refractivity contribution >= 4 is 0 Å². The Balaban J connectivity index is 2.19. The first-order chi connectivity index (χ1) is 9.74. The van der Waals surface area contributed by atoms with Gasteiger partial charge in [0.05, 0.1) is 7.11 Å². The normalized spacial score (nSPS) is 11.9. The molecule has 106 valence electrons. The summed E-state index contributed by atoms with van der Waals surface area (Å²) in [6.07, 6.45) is 0. The van der Waals surface area contributed by atoms with Gasteiger partial charge in [-0.05, 0) is 25.6 Å². The zero-order valence-corrected chi connectivity index (χ0v) is 12.2. The van der Waals surface area contributed by atoms with Gasteiger partial charge in [0, 0.05) is 17.7 Å². The van der Waals surface area contributed by atoms with Crippen molar-refractivity contribution in [1.82, 2.24) is 5.32 Å². The lowest BCUT2D eigenvalue weighted by atomic mass is 10.1. The van der Waals surface area contributed by atoms with Gasteiger partial charge in [0.15, 0.2) is 0 Å². The Kier molecular flexibility index (Phi) is 5.02. The minimum absolute atomic E-state index is 0.228. The Hall–Kier alpha value is -2.00. The fraction of sp³-hybridized carbons (Fsp3) is 0.294. The zero-order chi connectivity index (χ0) is 14.4. The van der Waals surface area contributed by atoms with E-state index in [9.17, 15) is 0 Å². The van der Waals surface area contributed by atoms with Crippen molar-refractivity contribution < 1.29 is 9.47 Å². The Morgan fingerprint density at radius 1 is 1.10 bits per heavy atom. The largest absolute Gasteiger partial charge is 0.497 e. The van der Waals surface area contributed by atoms with Crippen LogP contribution in [0.1, 0.15) is 24.1 Å². The number of rotatable bonds is 6. The first-order valence-electron chi connectivity index (χ1n) is 6.76. The average Bonchev–Trinajstić information content (AvgIpc) is 2.52. The molecule has 3 nitrogen and oxygen atoms in total. The van der Waals surface area contributed by atoms with Crippen molar-refractivity contribution in [3.05, 3.63) is 59.7 Å². The van der Waals surface area contributed by atoms with Crippen LogP contribution in [-0.4, -0.2) is 14.2 Å². The molecule has 2 aromatic rings. The van der Waals surface area contributed by atoms with Crippen LogP contribution < -0.4 is 14.8 Å². The number of hydrogen-bond acceptors (Lipinski definition) is 3. The molecular formula is C17H21NO2. The van der Waals surface area contributed by atoms with Gasteiger partial charge in [-0.2, -0.15) is 0 Å². The van der Waals surface area contributed by atoms with Crippen LogP contribution in [-0.2, 0) is 6.61 Å². The molecule has 1 atom stereocenters. The molecule has 1 unspecified atom stereocenters. The maximum Gasteiger partial charge on any atom is 0.128 e. The molecule has 0 aliphatic rings. The van der Waals surface area contributed by atoms with Crippen molar-refractivity contribution in [3.63, 3.8) is 0 Å². The first-order valence-corrected chi connectivity index (χ1v) is 6.76. The fourth-order valence-electron chi connectivity index (χ4n) is 2.02. The number of benzene rings is 2. The van der Waals surface area contributed by atoms with Gasteiger partial charge in [0.1, 0.15) is 18.1 Å². The number of methoxy groups -OCH3 is 1. The lowest BCUT2D eigenvalue weighted by Crippen LogP contribution is -2.13. The highest BCUT2D eigenvalue weighted by molar-refractivity contribution is 5.42. The molecule has 0 bridgehead atoms. The second-order valence-corrected chi connectivity index (χ2v) is 4.69. The quantitative estimate of drug-likeness (QED) is 0.871. The van der Waals surface area contributed by atoms with Gasteiger partial charge in [0.25, 0.3) is 0 Å². The molecule has 2 rings (SSSR count). The van der Waals surface area contributed by atoms with Crippen LogP contribution in [0.25, 0.3) is 0 Å². The summed E-state index contributed by atoms with van der Waals surface area (Å²) in [5.41, 5.74) is 2.28. The SMILES string of the molecule is CNC(C)c1ccc(OC)cc1OCc1ccccc1. The summed E-state index contributed by atoms with van der Waals surface area (Å²) in [7, 11) is 3.60. The van der Waals surface area contributed by atoms with Crippen LogP contribution in [0.5, 0.6) is 11.5 Å². The van der Waals surface area contributed by atoms with Crippen LogP contribution >= 0.6 is 0 Å². The number of ether oxygens (including phenoxy) is 2. The lowest BCUT2D eigenvalue weighted by Gasteiger charge is -2.17. The summed E-state index contributed by atoms with van der Waals surface area (Å²) in [4.78, 5) is 0. The highest BCUT2D eigenvalue weighted by Crippen LogP contribution is 2.30. The third-order valence-electron chi connectivity index (χ3n) is 3.36. The van der Waals surface area contributed by atoms with Crippen molar-refractivity contribution in [3.8, 4) is 11.5 Å². The van der Waals surface area contributed by atoms with E-state index in [-0.39, 0.29) is 6.04 Å². The van der Waals surface area contributed by atoms with Gasteiger partial charge >= 0.3 is 0 Å². The Morgan fingerprint density at radius 2 is 1.85 bits per heavy atom. The van der Waals surface area contributed by atoms with Crippen LogP contribution in [0.3, 0.4) is 0 Å². The molecule has 0 amide bonds. The lowest BCUT2D eigenvalue weighted by molar-refractivity contribution is 0.297. The van der Waals surface area contributed by atoms with Crippen LogP contribution in [0.15, 0.2) is 48.5 Å². The molecule has 0 fully saturated rings. The highest BCUT2D eigenvalue weighted by atomic mass is 16.5. The number of nitrogens with one attached hydrogen (secondary N) is 1. The van der Waals surface area contributed by atoms with Crippen molar-refractivity contribution in [1.29, 1.82) is 0 Å². The molecule has 3 heteroatoms. The molecule has 20 heavy (non-hydrogen) atoms. The number of hydrogen-bond donors (Lipinski definition) is 1. The zero-order valence-electron chi connectivity index (χ0n) is 12.2. The summed E-state index contributed by atoms with van der Waals surface area (Å²) >= 11 is 0. The van der Waals surface area contributed by atoms with E-state index in [4.69, 9.17) is 9.47 Å². The molecule has 0 aromatic heterocycles. The van der Waals surface area contributed by atoms with E-state index >= 15 is 0 Å². The summed E-state index contributed by atoms with van der Waals surface area (Å²) in [6, 6.07) is 16.3. The van der Waals surface area contributed by atoms with Gasteiger partial charge in [-0.25, -0.2) is 0 Å². The van der Waals surface area contributed by atoms with E-state index < -0.39 is 0 Å². The third kappa shape index (κ3) is 3.52. The van der Waals surface area contributed by atoms with Crippen molar-refractivity contribution in [2.45, 2.75) is 19.6 Å². The second kappa shape index (κ2) is 6.96. The smallest absolute Gasteiger partial charge is 0.128 e. The van der Waals surface area contributed by atoms with Gasteiger partial charge in [-0.3, -0.25) is 0 Å². The van der Waals surface area contributed by atoms with E-state index in [1.165, 1.54) is 0 Å². The van der Waals surface area contributed by atoms with E-state index in [0.29, 0.717) is 6.61 Å². The van der Waals surface area contributed by atoms with E-state index in [2.05, 4.69) is 24.4 Å². The van der Waals surface area contributed by atoms with Gasteiger partial charge in [-0.15, -0.1) is 0 Å². The molecule has 0 spiro atoms. The fourth-order valence-corrected chi connectivity index (χ4v) is 2.02. The molecule has 0 heterocycles. The molecule has 0 saturated carbocycles. The third-order valence-corrected chi connectivity index (χ3v) is 3.36. The van der Waals surface area contributed by atoms with Gasteiger partial charge in [0.2, 0.25) is 0 Å². The molecule has 0 aliphatic heterocycles. The highest BCUT2D eigenvalue weighted by Gasteiger charge is 2.11. The molecule has 0 radical (unpaired) electrons. The van der Waals surface area contributed by atoms with Crippen molar-refractivity contribution in [2.24, 2.45) is 0 Å². The van der Waals surface area contributed by atoms with Gasteiger partial charge in [-0.1, -0.05) is 36.4 Å². The molecular weight excluding hydrogens is 250 g/mol. The van der Waals surface area contributed by atoms with E-state index in [0.717, 1.165) is 22.6 Å². The van der Waals surface area contributed by atoms with Crippen LogP contribution in [0.2, 0.25) is 0 Å². The molecule has 1 N–H and O–H groups in total. The maximum absolute atomic E-state index is 5.97. The summed E-state index contributed by atoms with van der Waals surface area (Å²) in [6.45, 7) is 2.66. The average molecular weight is 271 g/mol. The van der Waals surface area contributed by atoms with E-state index in [1.807, 2.05) is 43.4 Å².